The first kappa shape index (κ1) is 17.3. The van der Waals surface area contributed by atoms with Crippen molar-refractivity contribution in [2.45, 2.75) is 26.3 Å². The molecule has 0 atom stereocenters. The number of aryl methyl sites for hydroxylation is 1. The van der Waals surface area contributed by atoms with E-state index >= 15 is 0 Å². The maximum absolute atomic E-state index is 11.8. The summed E-state index contributed by atoms with van der Waals surface area (Å²) in [6.45, 7) is 2.73. The normalized spacial score (nSPS) is 10.8. The van der Waals surface area contributed by atoms with Crippen LogP contribution < -0.4 is 5.73 Å². The Hall–Kier alpha value is -2.52. The maximum Gasteiger partial charge on any atom is 0.250 e. The molecule has 3 aromatic rings. The SMILES string of the molecule is Cc1c(C(N)=O)cc(-c2ccccc2Cl)n1CCCc1ccccc1. The second-order valence-corrected chi connectivity index (χ2v) is 6.52. The van der Waals surface area contributed by atoms with Crippen molar-refractivity contribution in [1.29, 1.82) is 0 Å². The first-order valence-electron chi connectivity index (χ1n) is 8.36. The molecule has 0 spiro atoms. The third-order valence-electron chi connectivity index (χ3n) is 4.47. The zero-order chi connectivity index (χ0) is 17.8. The number of carbonyl (C=O) groups excluding carboxylic acids is 1. The number of rotatable bonds is 6. The molecule has 0 saturated carbocycles. The van der Waals surface area contributed by atoms with Crippen molar-refractivity contribution < 1.29 is 4.79 Å². The summed E-state index contributed by atoms with van der Waals surface area (Å²) in [4.78, 5) is 11.8. The molecular weight excluding hydrogens is 332 g/mol. The Morgan fingerprint density at radius 2 is 1.76 bits per heavy atom. The fraction of sp³-hybridized carbons (Fsp3) is 0.190. The molecule has 1 amide bonds. The van der Waals surface area contributed by atoms with Gasteiger partial charge in [0.15, 0.2) is 0 Å². The fourth-order valence-corrected chi connectivity index (χ4v) is 3.39. The third kappa shape index (κ3) is 3.77. The summed E-state index contributed by atoms with van der Waals surface area (Å²) in [5.74, 6) is -0.410. The van der Waals surface area contributed by atoms with Crippen LogP contribution in [0.25, 0.3) is 11.3 Å². The van der Waals surface area contributed by atoms with Gasteiger partial charge in [0.1, 0.15) is 0 Å². The monoisotopic (exact) mass is 352 g/mol. The summed E-state index contributed by atoms with van der Waals surface area (Å²) in [7, 11) is 0. The summed E-state index contributed by atoms with van der Waals surface area (Å²) in [6, 6.07) is 19.9. The van der Waals surface area contributed by atoms with Gasteiger partial charge < -0.3 is 10.3 Å². The minimum Gasteiger partial charge on any atom is -0.366 e. The first-order chi connectivity index (χ1) is 12.1. The van der Waals surface area contributed by atoms with Crippen molar-refractivity contribution in [3.05, 3.63) is 82.5 Å². The second-order valence-electron chi connectivity index (χ2n) is 6.11. The highest BCUT2D eigenvalue weighted by atomic mass is 35.5. The molecule has 2 N–H and O–H groups in total. The molecule has 0 radical (unpaired) electrons. The van der Waals surface area contributed by atoms with Crippen LogP contribution >= 0.6 is 11.6 Å². The van der Waals surface area contributed by atoms with Crippen molar-refractivity contribution in [2.24, 2.45) is 5.73 Å². The Kier molecular flexibility index (Phi) is 5.25. The van der Waals surface area contributed by atoms with E-state index in [0.717, 1.165) is 36.3 Å². The van der Waals surface area contributed by atoms with Crippen molar-refractivity contribution in [3.63, 3.8) is 0 Å². The van der Waals surface area contributed by atoms with Crippen molar-refractivity contribution in [3.8, 4) is 11.3 Å². The van der Waals surface area contributed by atoms with E-state index in [2.05, 4.69) is 28.8 Å². The fourth-order valence-electron chi connectivity index (χ4n) is 3.16. The summed E-state index contributed by atoms with van der Waals surface area (Å²) < 4.78 is 2.14. The molecule has 3 rings (SSSR count). The maximum atomic E-state index is 11.8. The van der Waals surface area contributed by atoms with Crippen molar-refractivity contribution in [2.75, 3.05) is 0 Å². The van der Waals surface area contributed by atoms with E-state index in [9.17, 15) is 4.79 Å². The lowest BCUT2D eigenvalue weighted by molar-refractivity contribution is 0.0999. The minimum atomic E-state index is -0.410. The molecule has 0 aliphatic rings. The van der Waals surface area contributed by atoms with Gasteiger partial charge in [0.25, 0.3) is 5.91 Å². The van der Waals surface area contributed by atoms with Crippen LogP contribution in [0, 0.1) is 6.92 Å². The largest absolute Gasteiger partial charge is 0.366 e. The van der Waals surface area contributed by atoms with Crippen LogP contribution in [0.2, 0.25) is 5.02 Å². The van der Waals surface area contributed by atoms with Gasteiger partial charge in [0.05, 0.1) is 11.3 Å². The average Bonchev–Trinajstić information content (AvgIpc) is 2.93. The number of aromatic nitrogens is 1. The highest BCUT2D eigenvalue weighted by molar-refractivity contribution is 6.33. The topological polar surface area (TPSA) is 48.0 Å². The lowest BCUT2D eigenvalue weighted by atomic mass is 10.1. The van der Waals surface area contributed by atoms with E-state index in [1.807, 2.05) is 43.3 Å². The molecule has 3 nitrogen and oxygen atoms in total. The molecule has 0 aliphatic heterocycles. The number of hydrogen-bond acceptors (Lipinski definition) is 1. The van der Waals surface area contributed by atoms with Gasteiger partial charge in [0.2, 0.25) is 0 Å². The number of nitrogens with two attached hydrogens (primary N) is 1. The number of benzene rings is 2. The van der Waals surface area contributed by atoms with E-state index < -0.39 is 5.91 Å². The van der Waals surface area contributed by atoms with E-state index in [1.165, 1.54) is 5.56 Å². The zero-order valence-electron chi connectivity index (χ0n) is 14.2. The van der Waals surface area contributed by atoms with Crippen molar-refractivity contribution in [1.82, 2.24) is 4.57 Å². The van der Waals surface area contributed by atoms with Crippen LogP contribution in [0.5, 0.6) is 0 Å². The van der Waals surface area contributed by atoms with Gasteiger partial charge in [-0.2, -0.15) is 0 Å². The number of hydrogen-bond donors (Lipinski definition) is 1. The lowest BCUT2D eigenvalue weighted by Crippen LogP contribution is -2.12. The Morgan fingerprint density at radius 3 is 2.44 bits per heavy atom. The Morgan fingerprint density at radius 1 is 1.08 bits per heavy atom. The minimum absolute atomic E-state index is 0.410. The van der Waals surface area contributed by atoms with Crippen LogP contribution in [-0.2, 0) is 13.0 Å². The van der Waals surface area contributed by atoms with Gasteiger partial charge in [0, 0.05) is 22.8 Å². The van der Waals surface area contributed by atoms with Crippen LogP contribution in [0.3, 0.4) is 0 Å². The van der Waals surface area contributed by atoms with Crippen LogP contribution in [-0.4, -0.2) is 10.5 Å². The van der Waals surface area contributed by atoms with Crippen LogP contribution in [0.15, 0.2) is 60.7 Å². The third-order valence-corrected chi connectivity index (χ3v) is 4.80. The van der Waals surface area contributed by atoms with E-state index in [0.29, 0.717) is 10.6 Å². The number of carbonyl (C=O) groups is 1. The quantitative estimate of drug-likeness (QED) is 0.677. The predicted octanol–water partition coefficient (Wildman–Crippen LogP) is 4.85. The second kappa shape index (κ2) is 7.58. The van der Waals surface area contributed by atoms with E-state index in [4.69, 9.17) is 17.3 Å². The smallest absolute Gasteiger partial charge is 0.250 e. The van der Waals surface area contributed by atoms with Gasteiger partial charge in [-0.3, -0.25) is 4.79 Å². The van der Waals surface area contributed by atoms with Gasteiger partial charge >= 0.3 is 0 Å². The predicted molar refractivity (Wildman–Crippen MR) is 103 cm³/mol. The van der Waals surface area contributed by atoms with Crippen molar-refractivity contribution >= 4 is 17.5 Å². The molecule has 0 bridgehead atoms. The average molecular weight is 353 g/mol. The lowest BCUT2D eigenvalue weighted by Gasteiger charge is -2.13. The summed E-state index contributed by atoms with van der Waals surface area (Å²) in [5, 5.41) is 0.667. The molecule has 1 aromatic heterocycles. The van der Waals surface area contributed by atoms with E-state index in [1.54, 1.807) is 0 Å². The Balaban J connectivity index is 1.91. The molecular formula is C21H21ClN2O. The van der Waals surface area contributed by atoms with Crippen LogP contribution in [0.4, 0.5) is 0 Å². The summed E-state index contributed by atoms with van der Waals surface area (Å²) >= 11 is 6.37. The number of primary amides is 1. The van der Waals surface area contributed by atoms with Gasteiger partial charge in [-0.1, -0.05) is 60.1 Å². The highest BCUT2D eigenvalue weighted by Gasteiger charge is 2.17. The molecule has 128 valence electrons. The summed E-state index contributed by atoms with van der Waals surface area (Å²) in [6.07, 6.45) is 1.95. The van der Waals surface area contributed by atoms with Gasteiger partial charge in [-0.15, -0.1) is 0 Å². The van der Waals surface area contributed by atoms with Crippen LogP contribution in [0.1, 0.15) is 28.0 Å². The highest BCUT2D eigenvalue weighted by Crippen LogP contribution is 2.31. The zero-order valence-corrected chi connectivity index (χ0v) is 15.0. The standard InChI is InChI=1S/C21H21ClN2O/c1-15-18(21(23)25)14-20(17-11-5-6-12-19(17)22)24(15)13-7-10-16-8-3-2-4-9-16/h2-6,8-9,11-12,14H,7,10,13H2,1H3,(H2,23,25). The first-order valence-corrected chi connectivity index (χ1v) is 8.74. The van der Waals surface area contributed by atoms with E-state index in [-0.39, 0.29) is 0 Å². The summed E-state index contributed by atoms with van der Waals surface area (Å²) in [5.41, 5.74) is 10.1. The molecule has 1 heterocycles. The molecule has 0 aliphatic carbocycles. The molecule has 2 aromatic carbocycles. The van der Waals surface area contributed by atoms with Gasteiger partial charge in [-0.25, -0.2) is 0 Å². The molecule has 0 fully saturated rings. The molecule has 0 saturated heterocycles. The van der Waals surface area contributed by atoms with Gasteiger partial charge in [-0.05, 0) is 37.5 Å². The number of amides is 1. The Labute approximate surface area is 153 Å². The number of halogens is 1. The Bertz CT molecular complexity index is 884. The number of nitrogens with zero attached hydrogens (tertiary/aromatic N) is 1. The molecule has 25 heavy (non-hydrogen) atoms. The molecule has 4 heteroatoms. The molecule has 0 unspecified atom stereocenters.